The van der Waals surface area contributed by atoms with Gasteiger partial charge in [0.05, 0.1) is 7.11 Å². The number of hydrogen-bond donors (Lipinski definition) is 1. The van der Waals surface area contributed by atoms with E-state index in [0.29, 0.717) is 11.4 Å². The number of hydrogen-bond acceptors (Lipinski definition) is 3. The third kappa shape index (κ3) is 3.71. The van der Waals surface area contributed by atoms with E-state index in [-0.39, 0.29) is 18.3 Å². The van der Waals surface area contributed by atoms with Crippen LogP contribution >= 0.6 is 0 Å². The molecule has 0 aliphatic heterocycles. The zero-order valence-electron chi connectivity index (χ0n) is 10.9. The van der Waals surface area contributed by atoms with Gasteiger partial charge in [0.25, 0.3) is 5.91 Å². The van der Waals surface area contributed by atoms with E-state index in [4.69, 9.17) is 9.47 Å². The molecule has 0 radical (unpaired) electrons. The highest BCUT2D eigenvalue weighted by Gasteiger charge is 2.07. The number of carbonyl (C=O) groups excluding carboxylic acids is 1. The van der Waals surface area contributed by atoms with Crippen molar-refractivity contribution in [2.24, 2.45) is 0 Å². The molecule has 0 saturated carbocycles. The Morgan fingerprint density at radius 3 is 2.75 bits per heavy atom. The number of halogens is 1. The second-order valence-electron chi connectivity index (χ2n) is 4.00. The van der Waals surface area contributed by atoms with Crippen molar-refractivity contribution in [3.05, 3.63) is 54.3 Å². The fourth-order valence-corrected chi connectivity index (χ4v) is 1.60. The maximum Gasteiger partial charge on any atom is 0.262 e. The Morgan fingerprint density at radius 2 is 2.00 bits per heavy atom. The van der Waals surface area contributed by atoms with E-state index < -0.39 is 5.82 Å². The summed E-state index contributed by atoms with van der Waals surface area (Å²) in [5.74, 6) is -0.186. The van der Waals surface area contributed by atoms with Crippen LogP contribution in [0.2, 0.25) is 0 Å². The van der Waals surface area contributed by atoms with Crippen molar-refractivity contribution in [2.45, 2.75) is 0 Å². The van der Waals surface area contributed by atoms with Crippen LogP contribution in [0.1, 0.15) is 0 Å². The summed E-state index contributed by atoms with van der Waals surface area (Å²) in [5, 5.41) is 2.64. The molecule has 4 nitrogen and oxygen atoms in total. The maximum absolute atomic E-state index is 13.3. The predicted molar refractivity (Wildman–Crippen MR) is 73.5 cm³/mol. The van der Waals surface area contributed by atoms with Crippen molar-refractivity contribution in [3.63, 3.8) is 0 Å². The number of anilines is 1. The summed E-state index contributed by atoms with van der Waals surface area (Å²) in [6, 6.07) is 12.9. The molecule has 0 spiro atoms. The minimum Gasteiger partial charge on any atom is -0.497 e. The van der Waals surface area contributed by atoms with Gasteiger partial charge in [0.2, 0.25) is 0 Å². The van der Waals surface area contributed by atoms with Crippen molar-refractivity contribution in [2.75, 3.05) is 19.0 Å². The first-order chi connectivity index (χ1) is 9.69. The minimum absolute atomic E-state index is 0.0493. The van der Waals surface area contributed by atoms with Gasteiger partial charge in [-0.3, -0.25) is 4.79 Å². The van der Waals surface area contributed by atoms with Gasteiger partial charge in [-0.15, -0.1) is 0 Å². The molecule has 2 aromatic carbocycles. The number of rotatable bonds is 5. The third-order valence-electron chi connectivity index (χ3n) is 2.55. The number of carbonyl (C=O) groups is 1. The lowest BCUT2D eigenvalue weighted by molar-refractivity contribution is -0.118. The Hall–Kier alpha value is -2.56. The van der Waals surface area contributed by atoms with Crippen LogP contribution in [0.5, 0.6) is 11.5 Å². The summed E-state index contributed by atoms with van der Waals surface area (Å²) < 4.78 is 23.5. The first-order valence-electron chi connectivity index (χ1n) is 6.00. The molecule has 5 heteroatoms. The van der Waals surface area contributed by atoms with E-state index in [1.165, 1.54) is 12.1 Å². The first-order valence-corrected chi connectivity index (χ1v) is 6.00. The summed E-state index contributed by atoms with van der Waals surface area (Å²) in [6.45, 7) is -0.266. The first kappa shape index (κ1) is 13.9. The van der Waals surface area contributed by atoms with Crippen LogP contribution in [0, 0.1) is 5.82 Å². The molecule has 0 unspecified atom stereocenters. The molecule has 0 bridgehead atoms. The molecule has 1 N–H and O–H groups in total. The average molecular weight is 275 g/mol. The van der Waals surface area contributed by atoms with Crippen LogP contribution < -0.4 is 14.8 Å². The van der Waals surface area contributed by atoms with Crippen molar-refractivity contribution in [1.29, 1.82) is 0 Å². The number of amides is 1. The Bertz CT molecular complexity index is 601. The molecule has 104 valence electrons. The zero-order chi connectivity index (χ0) is 14.4. The molecular formula is C15H14FNO3. The van der Waals surface area contributed by atoms with E-state index >= 15 is 0 Å². The third-order valence-corrected chi connectivity index (χ3v) is 2.55. The summed E-state index contributed by atoms with van der Waals surface area (Å²) >= 11 is 0. The second kappa shape index (κ2) is 6.56. The van der Waals surface area contributed by atoms with Crippen molar-refractivity contribution in [3.8, 4) is 11.5 Å². The van der Waals surface area contributed by atoms with Crippen LogP contribution in [0.25, 0.3) is 0 Å². The average Bonchev–Trinajstić information content (AvgIpc) is 2.46. The number of benzene rings is 2. The summed E-state index contributed by atoms with van der Waals surface area (Å²) in [6.07, 6.45) is 0. The van der Waals surface area contributed by atoms with E-state index in [9.17, 15) is 9.18 Å². The lowest BCUT2D eigenvalue weighted by Crippen LogP contribution is -2.20. The highest BCUT2D eigenvalue weighted by atomic mass is 19.1. The smallest absolute Gasteiger partial charge is 0.262 e. The molecule has 0 aliphatic rings. The lowest BCUT2D eigenvalue weighted by Gasteiger charge is -2.09. The fraction of sp³-hybridized carbons (Fsp3) is 0.133. The molecule has 1 amide bonds. The molecule has 0 aliphatic carbocycles. The molecular weight excluding hydrogens is 261 g/mol. The molecule has 0 saturated heterocycles. The normalized spacial score (nSPS) is 9.90. The topological polar surface area (TPSA) is 47.6 Å². The van der Waals surface area contributed by atoms with Crippen LogP contribution in [-0.2, 0) is 4.79 Å². The van der Waals surface area contributed by atoms with Crippen LogP contribution in [0.4, 0.5) is 10.1 Å². The van der Waals surface area contributed by atoms with E-state index in [0.717, 1.165) is 0 Å². The maximum atomic E-state index is 13.3. The van der Waals surface area contributed by atoms with E-state index in [1.807, 2.05) is 0 Å². The van der Waals surface area contributed by atoms with Crippen LogP contribution in [-0.4, -0.2) is 19.6 Å². The fourth-order valence-electron chi connectivity index (χ4n) is 1.60. The standard InChI is InChI=1S/C15H14FNO3/c1-19-12-6-4-5-11(9-12)17-15(18)10-20-14-8-3-2-7-13(14)16/h2-9H,10H2,1H3,(H,17,18). The zero-order valence-corrected chi connectivity index (χ0v) is 10.9. The Morgan fingerprint density at radius 1 is 1.20 bits per heavy atom. The Kier molecular flexibility index (Phi) is 4.55. The van der Waals surface area contributed by atoms with Crippen molar-refractivity contribution < 1.29 is 18.7 Å². The van der Waals surface area contributed by atoms with Gasteiger partial charge < -0.3 is 14.8 Å². The Balaban J connectivity index is 1.91. The van der Waals surface area contributed by atoms with Gasteiger partial charge in [-0.2, -0.15) is 0 Å². The number of nitrogens with one attached hydrogen (secondary N) is 1. The monoisotopic (exact) mass is 275 g/mol. The van der Waals surface area contributed by atoms with E-state index in [2.05, 4.69) is 5.32 Å². The quantitative estimate of drug-likeness (QED) is 0.912. The SMILES string of the molecule is COc1cccc(NC(=O)COc2ccccc2F)c1. The largest absolute Gasteiger partial charge is 0.497 e. The number of para-hydroxylation sites is 1. The van der Waals surface area contributed by atoms with Gasteiger partial charge in [-0.05, 0) is 24.3 Å². The molecule has 2 aromatic rings. The highest BCUT2D eigenvalue weighted by Crippen LogP contribution is 2.17. The predicted octanol–water partition coefficient (Wildman–Crippen LogP) is 2.85. The Labute approximate surface area is 116 Å². The second-order valence-corrected chi connectivity index (χ2v) is 4.00. The van der Waals surface area contributed by atoms with Crippen molar-refractivity contribution >= 4 is 11.6 Å². The molecule has 20 heavy (non-hydrogen) atoms. The molecule has 0 heterocycles. The van der Waals surface area contributed by atoms with Gasteiger partial charge in [0.1, 0.15) is 5.75 Å². The summed E-state index contributed by atoms with van der Waals surface area (Å²) in [5.41, 5.74) is 0.589. The van der Waals surface area contributed by atoms with E-state index in [1.54, 1.807) is 43.5 Å². The highest BCUT2D eigenvalue weighted by molar-refractivity contribution is 5.92. The van der Waals surface area contributed by atoms with Gasteiger partial charge >= 0.3 is 0 Å². The molecule has 0 fully saturated rings. The van der Waals surface area contributed by atoms with Gasteiger partial charge in [-0.25, -0.2) is 4.39 Å². The van der Waals surface area contributed by atoms with Crippen LogP contribution in [0.3, 0.4) is 0 Å². The van der Waals surface area contributed by atoms with Gasteiger partial charge in [0, 0.05) is 11.8 Å². The molecule has 0 aromatic heterocycles. The lowest BCUT2D eigenvalue weighted by atomic mass is 10.3. The molecule has 2 rings (SSSR count). The number of ether oxygens (including phenoxy) is 2. The summed E-state index contributed by atoms with van der Waals surface area (Å²) in [4.78, 5) is 11.7. The summed E-state index contributed by atoms with van der Waals surface area (Å²) in [7, 11) is 1.54. The van der Waals surface area contributed by atoms with Crippen molar-refractivity contribution in [1.82, 2.24) is 0 Å². The van der Waals surface area contributed by atoms with Gasteiger partial charge in [0.15, 0.2) is 18.2 Å². The minimum atomic E-state index is -0.498. The molecule has 0 atom stereocenters. The van der Waals surface area contributed by atoms with Gasteiger partial charge in [-0.1, -0.05) is 18.2 Å². The number of methoxy groups -OCH3 is 1. The van der Waals surface area contributed by atoms with Crippen LogP contribution in [0.15, 0.2) is 48.5 Å².